The van der Waals surface area contributed by atoms with Gasteiger partial charge >= 0.3 is 0 Å². The Labute approximate surface area is 303 Å². The Balaban J connectivity index is 1.20. The molecule has 244 valence electrons. The fourth-order valence-electron chi connectivity index (χ4n) is 6.36. The third-order valence-corrected chi connectivity index (χ3v) is 14.0. The molecule has 8 aromatic rings. The first-order chi connectivity index (χ1) is 25.3. The zero-order chi connectivity index (χ0) is 34.2. The second-order valence-electron chi connectivity index (χ2n) is 12.4. The van der Waals surface area contributed by atoms with Gasteiger partial charge in [-0.2, -0.15) is 0 Å². The summed E-state index contributed by atoms with van der Waals surface area (Å²) in [4.78, 5) is 4.29. The largest absolute Gasteiger partial charge is 0.259 e. The van der Waals surface area contributed by atoms with Gasteiger partial charge in [-0.1, -0.05) is 218 Å². The van der Waals surface area contributed by atoms with Gasteiger partial charge in [-0.15, -0.1) is 0 Å². The smallest absolute Gasteiger partial charge is 0.0294 e. The van der Waals surface area contributed by atoms with E-state index < -0.39 is 16.1 Å². The topological polar surface area (TPSA) is 12.0 Å². The van der Waals surface area contributed by atoms with Crippen LogP contribution in [0.2, 0.25) is 0 Å². The van der Waals surface area contributed by atoms with Crippen LogP contribution in [-0.2, 0) is 0 Å². The Morgan fingerprint density at radius 2 is 0.373 bits per heavy atom. The zero-order valence-electron chi connectivity index (χ0n) is 28.2. The highest BCUT2D eigenvalue weighted by molar-refractivity contribution is 7.85. The maximum atomic E-state index is 4.29. The van der Waals surface area contributed by atoms with Gasteiger partial charge in [-0.25, -0.2) is 0 Å². The van der Waals surface area contributed by atoms with Crippen LogP contribution in [0.3, 0.4) is 0 Å². The minimum Gasteiger partial charge on any atom is -0.259 e. The van der Waals surface area contributed by atoms with Gasteiger partial charge in [0.1, 0.15) is 0 Å². The highest BCUT2D eigenvalue weighted by atomic mass is 31.2. The Morgan fingerprint density at radius 3 is 0.569 bits per heavy atom. The van der Waals surface area contributed by atoms with E-state index in [0.717, 1.165) is 0 Å². The van der Waals surface area contributed by atoms with Gasteiger partial charge in [0.05, 0.1) is 0 Å². The minimum atomic E-state index is -0.924. The molecule has 1 N–H and O–H groups in total. The molecule has 1 nitrogen and oxygen atoms in total. The standard InChI is InChI=1S/C48H37NP2/c1-5-13-37(14-6-1)41-21-29-45(30-22-41)50(46-31-23-42(24-32-46)38-15-7-2-8-16-38)49-51(47-33-25-43(26-34-47)39-17-9-3-10-18-39)48-35-27-44(28-36-48)40-19-11-4-12-20-40/h1-36,49H. The zero-order valence-corrected chi connectivity index (χ0v) is 30.0. The van der Waals surface area contributed by atoms with E-state index in [2.05, 4.69) is 223 Å². The maximum Gasteiger partial charge on any atom is 0.0294 e. The van der Waals surface area contributed by atoms with Crippen molar-refractivity contribution >= 4 is 37.4 Å². The molecule has 0 saturated carbocycles. The predicted molar refractivity (Wildman–Crippen MR) is 223 cm³/mol. The summed E-state index contributed by atoms with van der Waals surface area (Å²) in [6.07, 6.45) is 0. The Bertz CT molecular complexity index is 1940. The predicted octanol–water partition coefficient (Wildman–Crippen LogP) is 11.3. The lowest BCUT2D eigenvalue weighted by atomic mass is 10.1. The fraction of sp³-hybridized carbons (Fsp3) is 0. The van der Waals surface area contributed by atoms with E-state index in [9.17, 15) is 0 Å². The summed E-state index contributed by atoms with van der Waals surface area (Å²) < 4.78 is 0. The van der Waals surface area contributed by atoms with E-state index in [1.165, 1.54) is 65.7 Å². The molecular weight excluding hydrogens is 652 g/mol. The lowest BCUT2D eigenvalue weighted by Gasteiger charge is -2.28. The van der Waals surface area contributed by atoms with Gasteiger partial charge in [-0.05, 0) is 65.7 Å². The van der Waals surface area contributed by atoms with Crippen molar-refractivity contribution in [3.8, 4) is 44.5 Å². The van der Waals surface area contributed by atoms with Gasteiger partial charge in [0.2, 0.25) is 0 Å². The van der Waals surface area contributed by atoms with E-state index in [0.29, 0.717) is 0 Å². The summed E-state index contributed by atoms with van der Waals surface area (Å²) in [5.41, 5.74) is 9.82. The number of hydrogen-bond acceptors (Lipinski definition) is 1. The minimum absolute atomic E-state index is 0.924. The van der Waals surface area contributed by atoms with Crippen molar-refractivity contribution in [3.63, 3.8) is 0 Å². The van der Waals surface area contributed by atoms with E-state index in [1.54, 1.807) is 0 Å². The molecule has 0 aliphatic heterocycles. The first kappa shape index (κ1) is 32.8. The van der Waals surface area contributed by atoms with E-state index in [-0.39, 0.29) is 0 Å². The van der Waals surface area contributed by atoms with Crippen molar-refractivity contribution in [2.75, 3.05) is 0 Å². The molecular formula is C48H37NP2. The van der Waals surface area contributed by atoms with Crippen molar-refractivity contribution in [1.29, 1.82) is 0 Å². The van der Waals surface area contributed by atoms with Crippen molar-refractivity contribution < 1.29 is 0 Å². The van der Waals surface area contributed by atoms with Gasteiger partial charge in [0, 0.05) is 16.1 Å². The molecule has 8 aromatic carbocycles. The van der Waals surface area contributed by atoms with E-state index in [1.807, 2.05) is 0 Å². The van der Waals surface area contributed by atoms with Crippen molar-refractivity contribution in [1.82, 2.24) is 4.86 Å². The van der Waals surface area contributed by atoms with Crippen LogP contribution in [0.25, 0.3) is 44.5 Å². The molecule has 0 radical (unpaired) electrons. The Hall–Kier alpha value is -5.42. The van der Waals surface area contributed by atoms with Crippen LogP contribution in [0.1, 0.15) is 0 Å². The molecule has 0 spiro atoms. The number of rotatable bonds is 10. The lowest BCUT2D eigenvalue weighted by molar-refractivity contribution is 1.59. The average molecular weight is 690 g/mol. The van der Waals surface area contributed by atoms with E-state index >= 15 is 0 Å². The highest BCUT2D eigenvalue weighted by Gasteiger charge is 2.23. The van der Waals surface area contributed by atoms with Crippen LogP contribution in [0.4, 0.5) is 0 Å². The summed E-state index contributed by atoms with van der Waals surface area (Å²) >= 11 is 0. The molecule has 0 fully saturated rings. The monoisotopic (exact) mass is 689 g/mol. The first-order valence-electron chi connectivity index (χ1n) is 17.3. The third kappa shape index (κ3) is 7.68. The highest BCUT2D eigenvalue weighted by Crippen LogP contribution is 2.43. The summed E-state index contributed by atoms with van der Waals surface area (Å²) in [6, 6.07) is 79.2. The molecule has 51 heavy (non-hydrogen) atoms. The molecule has 0 aliphatic rings. The number of hydrogen-bond donors (Lipinski definition) is 1. The summed E-state index contributed by atoms with van der Waals surface area (Å²) in [6.45, 7) is 0. The van der Waals surface area contributed by atoms with Crippen LogP contribution in [0.5, 0.6) is 0 Å². The molecule has 0 atom stereocenters. The van der Waals surface area contributed by atoms with Gasteiger partial charge < -0.3 is 0 Å². The Morgan fingerprint density at radius 1 is 0.196 bits per heavy atom. The molecule has 0 heterocycles. The van der Waals surface area contributed by atoms with E-state index in [4.69, 9.17) is 0 Å². The first-order valence-corrected chi connectivity index (χ1v) is 20.0. The SMILES string of the molecule is c1ccc(-c2ccc(P(NP(c3ccc(-c4ccccc4)cc3)c3ccc(-c4ccccc4)cc3)c3ccc(-c4ccccc4)cc3)cc2)cc1. The molecule has 0 aromatic heterocycles. The lowest BCUT2D eigenvalue weighted by Crippen LogP contribution is -2.27. The van der Waals surface area contributed by atoms with Gasteiger partial charge in [0.15, 0.2) is 0 Å². The van der Waals surface area contributed by atoms with Gasteiger partial charge in [-0.3, -0.25) is 4.86 Å². The second kappa shape index (κ2) is 15.6. The van der Waals surface area contributed by atoms with Crippen LogP contribution < -0.4 is 26.1 Å². The van der Waals surface area contributed by atoms with Crippen molar-refractivity contribution in [3.05, 3.63) is 218 Å². The maximum absolute atomic E-state index is 4.29. The normalized spacial score (nSPS) is 11.2. The molecule has 0 amide bonds. The molecule has 8 rings (SSSR count). The summed E-state index contributed by atoms with van der Waals surface area (Å²) in [7, 11) is -1.85. The van der Waals surface area contributed by atoms with Crippen molar-refractivity contribution in [2.24, 2.45) is 0 Å². The fourth-order valence-corrected chi connectivity index (χ4v) is 11.4. The number of nitrogens with one attached hydrogen (secondary N) is 1. The molecule has 0 saturated heterocycles. The molecule has 3 heteroatoms. The van der Waals surface area contributed by atoms with Gasteiger partial charge in [0.25, 0.3) is 0 Å². The van der Waals surface area contributed by atoms with Crippen molar-refractivity contribution in [2.45, 2.75) is 0 Å². The molecule has 0 bridgehead atoms. The third-order valence-electron chi connectivity index (χ3n) is 9.13. The average Bonchev–Trinajstić information content (AvgIpc) is 3.23. The second-order valence-corrected chi connectivity index (χ2v) is 16.6. The quantitative estimate of drug-likeness (QED) is 0.141. The summed E-state index contributed by atoms with van der Waals surface area (Å²) in [5.74, 6) is 0. The van der Waals surface area contributed by atoms with Crippen LogP contribution in [0.15, 0.2) is 218 Å². The van der Waals surface area contributed by atoms with Crippen LogP contribution in [-0.4, -0.2) is 0 Å². The summed E-state index contributed by atoms with van der Waals surface area (Å²) in [5, 5.41) is 5.19. The molecule has 0 unspecified atom stereocenters. The molecule has 0 aliphatic carbocycles. The number of benzene rings is 8. The van der Waals surface area contributed by atoms with Crippen LogP contribution >= 0.6 is 16.1 Å². The Kier molecular flexibility index (Phi) is 10.0. The van der Waals surface area contributed by atoms with Crippen LogP contribution in [0, 0.1) is 0 Å².